The maximum atomic E-state index is 12.4. The van der Waals surface area contributed by atoms with Gasteiger partial charge in [-0.25, -0.2) is 0 Å². The molecule has 1 fully saturated rings. The molecule has 1 heterocycles. The average Bonchev–Trinajstić information content (AvgIpc) is 2.81. The van der Waals surface area contributed by atoms with E-state index in [4.69, 9.17) is 16.3 Å². The summed E-state index contributed by atoms with van der Waals surface area (Å²) in [4.78, 5) is 16.9. The molecule has 6 nitrogen and oxygen atoms in total. The number of hydrogen-bond acceptors (Lipinski definition) is 6. The number of fused-ring (bicyclic) bond motifs is 1. The summed E-state index contributed by atoms with van der Waals surface area (Å²) in [7, 11) is 3.50. The van der Waals surface area contributed by atoms with Crippen LogP contribution >= 0.6 is 11.6 Å². The molecule has 0 spiro atoms. The number of anilines is 1. The van der Waals surface area contributed by atoms with Crippen LogP contribution in [-0.2, 0) is 0 Å². The minimum absolute atomic E-state index is 0.0226. The lowest BCUT2D eigenvalue weighted by Crippen LogP contribution is -2.35. The lowest BCUT2D eigenvalue weighted by molar-refractivity contribution is 0.101. The first-order chi connectivity index (χ1) is 15.4. The van der Waals surface area contributed by atoms with Crippen LogP contribution in [0.3, 0.4) is 0 Å². The Morgan fingerprint density at radius 1 is 1.12 bits per heavy atom. The van der Waals surface area contributed by atoms with E-state index >= 15 is 0 Å². The molecule has 0 bridgehead atoms. The molecule has 1 aliphatic rings. The van der Waals surface area contributed by atoms with Crippen molar-refractivity contribution in [3.8, 4) is 22.6 Å². The number of hydrogen-bond donors (Lipinski definition) is 3. The molecule has 2 aromatic carbocycles. The second kappa shape index (κ2) is 9.35. The van der Waals surface area contributed by atoms with E-state index in [0.29, 0.717) is 23.4 Å². The zero-order chi connectivity index (χ0) is 22.8. The normalized spacial score (nSPS) is 18.5. The first kappa shape index (κ1) is 22.4. The van der Waals surface area contributed by atoms with Crippen molar-refractivity contribution < 1.29 is 14.6 Å². The number of rotatable bonds is 6. The number of ether oxygens (including phenoxy) is 1. The van der Waals surface area contributed by atoms with E-state index in [2.05, 4.69) is 15.6 Å². The van der Waals surface area contributed by atoms with Gasteiger partial charge in [-0.2, -0.15) is 0 Å². The standard InChI is InChI=1S/C25H28ClN3O3/c1-14(30)20-13-28-22-9-4-15(16-11-21(26)25(31)23(12-16)32-3)10-19(22)24(20)29-18-7-5-17(27-2)6-8-18/h4,9-13,17-18,27,31H,5-8H2,1-3H3,(H,28,29). The van der Waals surface area contributed by atoms with Gasteiger partial charge in [0.25, 0.3) is 0 Å². The molecule has 0 saturated heterocycles. The SMILES string of the molecule is CNC1CCC(Nc2c(C(C)=O)cnc3ccc(-c4cc(Cl)c(O)c(OC)c4)cc23)CC1. The maximum Gasteiger partial charge on any atom is 0.176 e. The lowest BCUT2D eigenvalue weighted by Gasteiger charge is -2.30. The summed E-state index contributed by atoms with van der Waals surface area (Å²) in [5.74, 6) is 0.201. The van der Waals surface area contributed by atoms with Crippen molar-refractivity contribution in [2.24, 2.45) is 0 Å². The summed E-state index contributed by atoms with van der Waals surface area (Å²) in [6.45, 7) is 1.57. The summed E-state index contributed by atoms with van der Waals surface area (Å²) < 4.78 is 5.26. The van der Waals surface area contributed by atoms with Gasteiger partial charge in [-0.3, -0.25) is 9.78 Å². The third-order valence-corrected chi connectivity index (χ3v) is 6.60. The van der Waals surface area contributed by atoms with E-state index in [1.807, 2.05) is 25.2 Å². The monoisotopic (exact) mass is 453 g/mol. The van der Waals surface area contributed by atoms with Crippen molar-refractivity contribution in [3.05, 3.63) is 47.1 Å². The fraction of sp³-hybridized carbons (Fsp3) is 0.360. The topological polar surface area (TPSA) is 83.5 Å². The van der Waals surface area contributed by atoms with Crippen molar-refractivity contribution >= 4 is 34.0 Å². The zero-order valence-corrected chi connectivity index (χ0v) is 19.3. The highest BCUT2D eigenvalue weighted by molar-refractivity contribution is 6.32. The number of carbonyl (C=O) groups is 1. The highest BCUT2D eigenvalue weighted by atomic mass is 35.5. The summed E-state index contributed by atoms with van der Waals surface area (Å²) >= 11 is 6.21. The van der Waals surface area contributed by atoms with Crippen LogP contribution in [0.1, 0.15) is 43.0 Å². The van der Waals surface area contributed by atoms with Gasteiger partial charge in [0.1, 0.15) is 0 Å². The molecule has 168 valence electrons. The van der Waals surface area contributed by atoms with E-state index in [1.165, 1.54) is 7.11 Å². The molecule has 1 saturated carbocycles. The van der Waals surface area contributed by atoms with Crippen LogP contribution in [0.2, 0.25) is 5.02 Å². The number of pyridine rings is 1. The molecule has 0 atom stereocenters. The Labute approximate surface area is 193 Å². The summed E-state index contributed by atoms with van der Waals surface area (Å²) in [5, 5.41) is 18.2. The van der Waals surface area contributed by atoms with Gasteiger partial charge in [-0.1, -0.05) is 17.7 Å². The molecule has 0 aliphatic heterocycles. The van der Waals surface area contributed by atoms with Crippen molar-refractivity contribution in [2.75, 3.05) is 19.5 Å². The Hall–Kier alpha value is -2.83. The van der Waals surface area contributed by atoms with Gasteiger partial charge < -0.3 is 20.5 Å². The fourth-order valence-electron chi connectivity index (χ4n) is 4.42. The smallest absolute Gasteiger partial charge is 0.176 e. The molecule has 4 rings (SSSR count). The van der Waals surface area contributed by atoms with Gasteiger partial charge in [-0.05, 0) is 75.0 Å². The minimum Gasteiger partial charge on any atom is -0.503 e. The molecule has 0 amide bonds. The second-order valence-corrected chi connectivity index (χ2v) is 8.73. The predicted octanol–water partition coefficient (Wildman–Crippen LogP) is 5.41. The quantitative estimate of drug-likeness (QED) is 0.432. The molecule has 32 heavy (non-hydrogen) atoms. The average molecular weight is 454 g/mol. The van der Waals surface area contributed by atoms with Crippen molar-refractivity contribution in [1.82, 2.24) is 10.3 Å². The second-order valence-electron chi connectivity index (χ2n) is 8.33. The van der Waals surface area contributed by atoms with Gasteiger partial charge in [-0.15, -0.1) is 0 Å². The predicted molar refractivity (Wildman–Crippen MR) is 129 cm³/mol. The third kappa shape index (κ3) is 4.38. The number of halogens is 1. The zero-order valence-electron chi connectivity index (χ0n) is 18.5. The molecule has 3 N–H and O–H groups in total. The van der Waals surface area contributed by atoms with E-state index in [0.717, 1.165) is 53.4 Å². The molecule has 7 heteroatoms. The minimum atomic E-state index is -0.0845. The summed E-state index contributed by atoms with van der Waals surface area (Å²) in [5.41, 5.74) is 3.92. The first-order valence-corrected chi connectivity index (χ1v) is 11.2. The van der Waals surface area contributed by atoms with Gasteiger partial charge in [0.15, 0.2) is 17.3 Å². The number of nitrogens with one attached hydrogen (secondary N) is 2. The van der Waals surface area contributed by atoms with Gasteiger partial charge in [0, 0.05) is 23.7 Å². The lowest BCUT2D eigenvalue weighted by atomic mass is 9.90. The largest absolute Gasteiger partial charge is 0.503 e. The number of phenolic OH excluding ortho intramolecular Hbond substituents is 1. The number of benzene rings is 2. The van der Waals surface area contributed by atoms with Gasteiger partial charge in [0.05, 0.1) is 28.9 Å². The molecule has 1 aliphatic carbocycles. The Kier molecular flexibility index (Phi) is 6.53. The third-order valence-electron chi connectivity index (χ3n) is 6.31. The van der Waals surface area contributed by atoms with Gasteiger partial charge in [0.2, 0.25) is 0 Å². The number of aromatic hydroxyl groups is 1. The number of ketones is 1. The van der Waals surface area contributed by atoms with Crippen LogP contribution in [0.4, 0.5) is 5.69 Å². The van der Waals surface area contributed by atoms with Crippen LogP contribution < -0.4 is 15.4 Å². The Morgan fingerprint density at radius 2 is 1.84 bits per heavy atom. The summed E-state index contributed by atoms with van der Waals surface area (Å²) in [6.07, 6.45) is 5.94. The first-order valence-electron chi connectivity index (χ1n) is 10.9. The number of Topliss-reactive ketones (excluding diaryl/α,β-unsaturated/α-hetero) is 1. The van der Waals surface area contributed by atoms with E-state index in [-0.39, 0.29) is 16.6 Å². The molecular weight excluding hydrogens is 426 g/mol. The van der Waals surface area contributed by atoms with E-state index in [1.54, 1.807) is 25.3 Å². The van der Waals surface area contributed by atoms with Crippen LogP contribution in [0.5, 0.6) is 11.5 Å². The molecule has 3 aromatic rings. The Balaban J connectivity index is 1.79. The Bertz CT molecular complexity index is 1160. The molecular formula is C25H28ClN3O3. The highest BCUT2D eigenvalue weighted by Crippen LogP contribution is 2.40. The number of methoxy groups -OCH3 is 1. The fourth-order valence-corrected chi connectivity index (χ4v) is 4.63. The van der Waals surface area contributed by atoms with Crippen LogP contribution in [0, 0.1) is 0 Å². The molecule has 1 aromatic heterocycles. The van der Waals surface area contributed by atoms with E-state index < -0.39 is 0 Å². The van der Waals surface area contributed by atoms with Crippen LogP contribution in [-0.4, -0.2) is 42.1 Å². The van der Waals surface area contributed by atoms with E-state index in [9.17, 15) is 9.90 Å². The van der Waals surface area contributed by atoms with Crippen LogP contribution in [0.15, 0.2) is 36.5 Å². The molecule has 0 unspecified atom stereocenters. The number of phenols is 1. The number of carbonyl (C=O) groups excluding carboxylic acids is 1. The van der Waals surface area contributed by atoms with Crippen molar-refractivity contribution in [2.45, 2.75) is 44.7 Å². The number of nitrogens with zero attached hydrogens (tertiary/aromatic N) is 1. The van der Waals surface area contributed by atoms with Crippen molar-refractivity contribution in [3.63, 3.8) is 0 Å². The Morgan fingerprint density at radius 3 is 2.50 bits per heavy atom. The maximum absolute atomic E-state index is 12.4. The highest BCUT2D eigenvalue weighted by Gasteiger charge is 2.22. The molecule has 0 radical (unpaired) electrons. The summed E-state index contributed by atoms with van der Waals surface area (Å²) in [6, 6.07) is 10.2. The van der Waals surface area contributed by atoms with Gasteiger partial charge >= 0.3 is 0 Å². The van der Waals surface area contributed by atoms with Crippen molar-refractivity contribution in [1.29, 1.82) is 0 Å². The number of aromatic nitrogens is 1. The van der Waals surface area contributed by atoms with Crippen LogP contribution in [0.25, 0.3) is 22.0 Å².